The standard InChI is InChI=1S/C9H10N2OS/c1-2-3-6-10-11-9(12)8-5-4-7-13-8/h2-7H,1H3,(H,11,12). The van der Waals surface area contributed by atoms with Gasteiger partial charge in [-0.15, -0.1) is 11.3 Å². The van der Waals surface area contributed by atoms with Crippen molar-refractivity contribution < 1.29 is 4.79 Å². The molecule has 1 N–H and O–H groups in total. The van der Waals surface area contributed by atoms with Crippen molar-refractivity contribution in [3.05, 3.63) is 34.5 Å². The molecule has 1 rings (SSSR count). The number of hydrazone groups is 1. The Bertz CT molecular complexity index is 314. The lowest BCUT2D eigenvalue weighted by atomic mass is 10.4. The second kappa shape index (κ2) is 5.27. The van der Waals surface area contributed by atoms with Crippen LogP contribution < -0.4 is 5.43 Å². The minimum Gasteiger partial charge on any atom is -0.266 e. The van der Waals surface area contributed by atoms with Gasteiger partial charge in [0.25, 0.3) is 5.91 Å². The van der Waals surface area contributed by atoms with Crippen LogP contribution in [0.3, 0.4) is 0 Å². The van der Waals surface area contributed by atoms with E-state index in [0.717, 1.165) is 0 Å². The number of thiophene rings is 1. The van der Waals surface area contributed by atoms with Gasteiger partial charge in [-0.05, 0) is 24.4 Å². The van der Waals surface area contributed by atoms with Crippen LogP contribution in [0, 0.1) is 0 Å². The Morgan fingerprint density at radius 2 is 2.54 bits per heavy atom. The molecule has 0 bridgehead atoms. The van der Waals surface area contributed by atoms with E-state index >= 15 is 0 Å². The number of nitrogens with zero attached hydrogens (tertiary/aromatic N) is 1. The van der Waals surface area contributed by atoms with Gasteiger partial charge in [-0.2, -0.15) is 5.10 Å². The van der Waals surface area contributed by atoms with Crippen molar-refractivity contribution >= 4 is 23.5 Å². The lowest BCUT2D eigenvalue weighted by molar-refractivity contribution is 0.0959. The third-order valence-electron chi connectivity index (χ3n) is 1.26. The lowest BCUT2D eigenvalue weighted by Gasteiger charge is -1.92. The molecule has 0 radical (unpaired) electrons. The summed E-state index contributed by atoms with van der Waals surface area (Å²) in [7, 11) is 0. The number of rotatable bonds is 3. The minimum atomic E-state index is -0.171. The first-order valence-corrected chi connectivity index (χ1v) is 4.70. The van der Waals surface area contributed by atoms with Crippen LogP contribution in [0.5, 0.6) is 0 Å². The van der Waals surface area contributed by atoms with Crippen molar-refractivity contribution in [2.24, 2.45) is 5.10 Å². The fourth-order valence-corrected chi connectivity index (χ4v) is 1.30. The van der Waals surface area contributed by atoms with Gasteiger partial charge in [0.2, 0.25) is 0 Å². The maximum atomic E-state index is 11.2. The van der Waals surface area contributed by atoms with Crippen LogP contribution in [0.1, 0.15) is 16.6 Å². The van der Waals surface area contributed by atoms with Gasteiger partial charge in [0.15, 0.2) is 0 Å². The third kappa shape index (κ3) is 3.21. The van der Waals surface area contributed by atoms with Crippen LogP contribution in [-0.2, 0) is 0 Å². The highest BCUT2D eigenvalue weighted by molar-refractivity contribution is 7.12. The fourth-order valence-electron chi connectivity index (χ4n) is 0.688. The van der Waals surface area contributed by atoms with Crippen molar-refractivity contribution in [2.45, 2.75) is 6.92 Å². The van der Waals surface area contributed by atoms with E-state index in [0.29, 0.717) is 4.88 Å². The molecule has 0 aromatic carbocycles. The summed E-state index contributed by atoms with van der Waals surface area (Å²) in [5, 5.41) is 5.56. The molecule has 68 valence electrons. The lowest BCUT2D eigenvalue weighted by Crippen LogP contribution is -2.15. The minimum absolute atomic E-state index is 0.171. The summed E-state index contributed by atoms with van der Waals surface area (Å²) >= 11 is 1.39. The highest BCUT2D eigenvalue weighted by atomic mass is 32.1. The monoisotopic (exact) mass is 194 g/mol. The maximum Gasteiger partial charge on any atom is 0.281 e. The molecule has 1 heterocycles. The Balaban J connectivity index is 2.43. The van der Waals surface area contributed by atoms with Crippen molar-refractivity contribution in [2.75, 3.05) is 0 Å². The predicted octanol–water partition coefficient (Wildman–Crippen LogP) is 2.04. The topological polar surface area (TPSA) is 41.5 Å². The molecule has 0 saturated carbocycles. The Labute approximate surface area is 80.8 Å². The number of carbonyl (C=O) groups excluding carboxylic acids is 1. The molecule has 0 aliphatic heterocycles. The summed E-state index contributed by atoms with van der Waals surface area (Å²) in [5.74, 6) is -0.171. The van der Waals surface area contributed by atoms with Gasteiger partial charge >= 0.3 is 0 Å². The fraction of sp³-hybridized carbons (Fsp3) is 0.111. The quantitative estimate of drug-likeness (QED) is 0.580. The number of amides is 1. The summed E-state index contributed by atoms with van der Waals surface area (Å²) in [6.07, 6.45) is 5.11. The molecule has 0 fully saturated rings. The molecule has 1 amide bonds. The summed E-state index contributed by atoms with van der Waals surface area (Å²) in [4.78, 5) is 11.9. The second-order valence-electron chi connectivity index (χ2n) is 2.22. The van der Waals surface area contributed by atoms with Crippen molar-refractivity contribution in [1.29, 1.82) is 0 Å². The summed E-state index contributed by atoms with van der Waals surface area (Å²) in [5.41, 5.74) is 2.41. The first-order valence-electron chi connectivity index (χ1n) is 3.83. The van der Waals surface area contributed by atoms with Crippen LogP contribution in [0.25, 0.3) is 0 Å². The largest absolute Gasteiger partial charge is 0.281 e. The van der Waals surface area contributed by atoms with E-state index in [1.54, 1.807) is 12.1 Å². The van der Waals surface area contributed by atoms with Gasteiger partial charge in [0, 0.05) is 6.21 Å². The zero-order valence-corrected chi connectivity index (χ0v) is 8.04. The SMILES string of the molecule is CC=CC=NNC(=O)c1cccs1. The molecular weight excluding hydrogens is 184 g/mol. The van der Waals surface area contributed by atoms with E-state index in [9.17, 15) is 4.79 Å². The average molecular weight is 194 g/mol. The molecule has 13 heavy (non-hydrogen) atoms. The van der Waals surface area contributed by atoms with Crippen molar-refractivity contribution in [3.8, 4) is 0 Å². The number of allylic oxidation sites excluding steroid dienone is 2. The van der Waals surface area contributed by atoms with E-state index in [4.69, 9.17) is 0 Å². The van der Waals surface area contributed by atoms with E-state index < -0.39 is 0 Å². The van der Waals surface area contributed by atoms with Crippen LogP contribution in [-0.4, -0.2) is 12.1 Å². The third-order valence-corrected chi connectivity index (χ3v) is 2.13. The maximum absolute atomic E-state index is 11.2. The molecule has 3 nitrogen and oxygen atoms in total. The van der Waals surface area contributed by atoms with Crippen LogP contribution >= 0.6 is 11.3 Å². The molecule has 1 aromatic heterocycles. The summed E-state index contributed by atoms with van der Waals surface area (Å²) in [6, 6.07) is 3.58. The Morgan fingerprint density at radius 3 is 3.15 bits per heavy atom. The number of nitrogens with one attached hydrogen (secondary N) is 1. The Morgan fingerprint density at radius 1 is 1.69 bits per heavy atom. The molecule has 4 heteroatoms. The molecular formula is C9H10N2OS. The predicted molar refractivity (Wildman–Crippen MR) is 55.1 cm³/mol. The van der Waals surface area contributed by atoms with Gasteiger partial charge < -0.3 is 0 Å². The molecule has 0 spiro atoms. The Kier molecular flexibility index (Phi) is 3.92. The van der Waals surface area contributed by atoms with E-state index in [-0.39, 0.29) is 5.91 Å². The van der Waals surface area contributed by atoms with Gasteiger partial charge in [-0.1, -0.05) is 12.1 Å². The highest BCUT2D eigenvalue weighted by Crippen LogP contribution is 2.07. The first kappa shape index (κ1) is 9.67. The zero-order chi connectivity index (χ0) is 9.52. The van der Waals surface area contributed by atoms with Gasteiger partial charge in [0.1, 0.15) is 0 Å². The first-order chi connectivity index (χ1) is 6.34. The smallest absolute Gasteiger partial charge is 0.266 e. The summed E-state index contributed by atoms with van der Waals surface area (Å²) < 4.78 is 0. The average Bonchev–Trinajstić information content (AvgIpc) is 2.65. The highest BCUT2D eigenvalue weighted by Gasteiger charge is 2.02. The molecule has 0 unspecified atom stereocenters. The molecule has 0 saturated heterocycles. The molecule has 0 aliphatic carbocycles. The van der Waals surface area contributed by atoms with Crippen molar-refractivity contribution in [1.82, 2.24) is 5.43 Å². The second-order valence-corrected chi connectivity index (χ2v) is 3.17. The zero-order valence-electron chi connectivity index (χ0n) is 7.23. The molecule has 0 atom stereocenters. The molecule has 1 aromatic rings. The van der Waals surface area contributed by atoms with Crippen molar-refractivity contribution in [3.63, 3.8) is 0 Å². The van der Waals surface area contributed by atoms with Gasteiger partial charge in [-0.25, -0.2) is 5.43 Å². The van der Waals surface area contributed by atoms with E-state index in [1.165, 1.54) is 17.6 Å². The van der Waals surface area contributed by atoms with Gasteiger partial charge in [-0.3, -0.25) is 4.79 Å². The van der Waals surface area contributed by atoms with Crippen LogP contribution in [0.2, 0.25) is 0 Å². The van der Waals surface area contributed by atoms with Crippen LogP contribution in [0.4, 0.5) is 0 Å². The molecule has 0 aliphatic rings. The number of hydrogen-bond donors (Lipinski definition) is 1. The Hall–Kier alpha value is -1.42. The van der Waals surface area contributed by atoms with Gasteiger partial charge in [0.05, 0.1) is 4.88 Å². The van der Waals surface area contributed by atoms with E-state index in [1.807, 2.05) is 24.4 Å². The number of hydrogen-bond acceptors (Lipinski definition) is 3. The van der Waals surface area contributed by atoms with Crippen LogP contribution in [0.15, 0.2) is 34.8 Å². The van der Waals surface area contributed by atoms with E-state index in [2.05, 4.69) is 10.5 Å². The summed E-state index contributed by atoms with van der Waals surface area (Å²) in [6.45, 7) is 1.88. The normalized spacial score (nSPS) is 11.2. The number of carbonyl (C=O) groups is 1.